The summed E-state index contributed by atoms with van der Waals surface area (Å²) in [5.41, 5.74) is 2.61. The van der Waals surface area contributed by atoms with E-state index in [-0.39, 0.29) is 25.7 Å². The Morgan fingerprint density at radius 3 is 2.82 bits per heavy atom. The fraction of sp³-hybridized carbons (Fsp3) is 0.522. The van der Waals surface area contributed by atoms with E-state index in [1.54, 1.807) is 12.7 Å². The first-order valence-electron chi connectivity index (χ1n) is 11.6. The SMILES string of the molecule is OC[C@@H]1CN(Cc2ccc3c(c2)OCO3)C[C@H](n2cnc3c(NC4CCCC4)ncnc32)O1. The predicted molar refractivity (Wildman–Crippen MR) is 120 cm³/mol. The Morgan fingerprint density at radius 1 is 1.06 bits per heavy atom. The van der Waals surface area contributed by atoms with Crippen molar-refractivity contribution < 1.29 is 19.3 Å². The van der Waals surface area contributed by atoms with E-state index in [0.29, 0.717) is 25.7 Å². The third-order valence-corrected chi connectivity index (χ3v) is 6.64. The highest BCUT2D eigenvalue weighted by molar-refractivity contribution is 5.82. The second-order valence-electron chi connectivity index (χ2n) is 8.95. The standard InChI is InChI=1S/C23H28N6O4/c30-11-17-9-28(8-15-5-6-18-19(7-15)32-14-31-18)10-20(33-17)29-13-26-21-22(24-12-25-23(21)29)27-16-3-1-2-4-16/h5-7,12-13,16-17,20,30H,1-4,8-11,14H2,(H,24,25,27)/t17-,20+/m0/s1. The van der Waals surface area contributed by atoms with Crippen LogP contribution in [0.4, 0.5) is 5.82 Å². The van der Waals surface area contributed by atoms with Gasteiger partial charge in [-0.15, -0.1) is 0 Å². The van der Waals surface area contributed by atoms with Gasteiger partial charge in [-0.1, -0.05) is 18.9 Å². The van der Waals surface area contributed by atoms with Gasteiger partial charge in [-0.05, 0) is 30.5 Å². The zero-order valence-electron chi connectivity index (χ0n) is 18.4. The Hall–Kier alpha value is -2.95. The molecule has 1 aromatic carbocycles. The molecule has 1 aliphatic carbocycles. The molecule has 0 radical (unpaired) electrons. The minimum Gasteiger partial charge on any atom is -0.454 e. The largest absolute Gasteiger partial charge is 0.454 e. The third-order valence-electron chi connectivity index (χ3n) is 6.64. The van der Waals surface area contributed by atoms with Crippen LogP contribution in [0.25, 0.3) is 11.2 Å². The summed E-state index contributed by atoms with van der Waals surface area (Å²) in [5, 5.41) is 13.4. The average molecular weight is 453 g/mol. The number of ether oxygens (including phenoxy) is 3. The molecule has 4 heterocycles. The van der Waals surface area contributed by atoms with Gasteiger partial charge in [0.15, 0.2) is 28.5 Å². The third kappa shape index (κ3) is 4.09. The molecule has 2 aliphatic heterocycles. The summed E-state index contributed by atoms with van der Waals surface area (Å²) in [5.74, 6) is 2.33. The molecule has 3 aliphatic rings. The van der Waals surface area contributed by atoms with Crippen LogP contribution in [0.15, 0.2) is 30.9 Å². The van der Waals surface area contributed by atoms with Crippen LogP contribution in [0.2, 0.25) is 0 Å². The van der Waals surface area contributed by atoms with E-state index in [1.807, 2.05) is 22.8 Å². The first kappa shape index (κ1) is 20.6. The molecule has 33 heavy (non-hydrogen) atoms. The fourth-order valence-corrected chi connectivity index (χ4v) is 5.00. The minimum absolute atomic E-state index is 0.0514. The number of benzene rings is 1. The number of aliphatic hydroxyl groups excluding tert-OH is 1. The van der Waals surface area contributed by atoms with E-state index in [1.165, 1.54) is 12.8 Å². The fourth-order valence-electron chi connectivity index (χ4n) is 5.00. The molecule has 3 aromatic rings. The maximum absolute atomic E-state index is 9.89. The van der Waals surface area contributed by atoms with Crippen molar-refractivity contribution in [2.75, 3.05) is 31.8 Å². The van der Waals surface area contributed by atoms with Gasteiger partial charge < -0.3 is 24.6 Å². The average Bonchev–Trinajstić information content (AvgIpc) is 3.59. The number of hydrogen-bond donors (Lipinski definition) is 2. The van der Waals surface area contributed by atoms with E-state index < -0.39 is 0 Å². The van der Waals surface area contributed by atoms with Crippen molar-refractivity contribution in [2.45, 2.75) is 50.6 Å². The number of imidazole rings is 1. The smallest absolute Gasteiger partial charge is 0.231 e. The second kappa shape index (κ2) is 8.77. The van der Waals surface area contributed by atoms with Crippen LogP contribution in [0, 0.1) is 0 Å². The summed E-state index contributed by atoms with van der Waals surface area (Å²) in [6, 6.07) is 6.45. The van der Waals surface area contributed by atoms with Gasteiger partial charge in [-0.3, -0.25) is 9.47 Å². The van der Waals surface area contributed by atoms with Gasteiger partial charge in [-0.25, -0.2) is 15.0 Å². The van der Waals surface area contributed by atoms with Crippen molar-refractivity contribution in [2.24, 2.45) is 0 Å². The summed E-state index contributed by atoms with van der Waals surface area (Å²) in [6.45, 7) is 2.20. The lowest BCUT2D eigenvalue weighted by Crippen LogP contribution is -2.46. The van der Waals surface area contributed by atoms with E-state index in [4.69, 9.17) is 14.2 Å². The lowest BCUT2D eigenvalue weighted by Gasteiger charge is -2.38. The van der Waals surface area contributed by atoms with Crippen LogP contribution in [0.1, 0.15) is 37.5 Å². The van der Waals surface area contributed by atoms with Crippen LogP contribution < -0.4 is 14.8 Å². The van der Waals surface area contributed by atoms with Crippen LogP contribution in [-0.2, 0) is 11.3 Å². The number of morpholine rings is 1. The number of aromatic nitrogens is 4. The molecule has 174 valence electrons. The maximum atomic E-state index is 9.89. The Balaban J connectivity index is 1.23. The highest BCUT2D eigenvalue weighted by atomic mass is 16.7. The van der Waals surface area contributed by atoms with Crippen LogP contribution in [0.3, 0.4) is 0 Å². The number of aliphatic hydroxyl groups is 1. The normalized spacial score (nSPS) is 23.4. The topological polar surface area (TPSA) is 107 Å². The Labute approximate surface area is 191 Å². The molecule has 10 nitrogen and oxygen atoms in total. The van der Waals surface area contributed by atoms with Crippen molar-refractivity contribution in [3.05, 3.63) is 36.4 Å². The van der Waals surface area contributed by atoms with Gasteiger partial charge >= 0.3 is 0 Å². The molecular weight excluding hydrogens is 424 g/mol. The summed E-state index contributed by atoms with van der Waals surface area (Å²) < 4.78 is 19.1. The molecule has 2 fully saturated rings. The number of nitrogens with zero attached hydrogens (tertiary/aromatic N) is 5. The van der Waals surface area contributed by atoms with Gasteiger partial charge in [0.25, 0.3) is 0 Å². The second-order valence-corrected chi connectivity index (χ2v) is 8.95. The van der Waals surface area contributed by atoms with E-state index in [9.17, 15) is 5.11 Å². The molecule has 0 amide bonds. The highest BCUT2D eigenvalue weighted by Gasteiger charge is 2.30. The number of rotatable bonds is 6. The number of fused-ring (bicyclic) bond motifs is 2. The number of nitrogens with one attached hydrogen (secondary N) is 1. The molecular formula is C23H28N6O4. The minimum atomic E-state index is -0.316. The first-order valence-corrected chi connectivity index (χ1v) is 11.6. The van der Waals surface area contributed by atoms with Crippen LogP contribution in [0.5, 0.6) is 11.5 Å². The van der Waals surface area contributed by atoms with Crippen molar-refractivity contribution in [3.8, 4) is 11.5 Å². The maximum Gasteiger partial charge on any atom is 0.231 e. The zero-order chi connectivity index (χ0) is 22.2. The summed E-state index contributed by atoms with van der Waals surface area (Å²) >= 11 is 0. The monoisotopic (exact) mass is 452 g/mol. The van der Waals surface area contributed by atoms with E-state index >= 15 is 0 Å². The van der Waals surface area contributed by atoms with Gasteiger partial charge in [0.1, 0.15) is 12.6 Å². The van der Waals surface area contributed by atoms with Gasteiger partial charge in [0, 0.05) is 25.7 Å². The number of hydrogen-bond acceptors (Lipinski definition) is 9. The molecule has 1 saturated heterocycles. The molecule has 0 unspecified atom stereocenters. The molecule has 0 spiro atoms. The molecule has 6 rings (SSSR count). The zero-order valence-corrected chi connectivity index (χ0v) is 18.4. The first-order chi connectivity index (χ1) is 16.3. The Morgan fingerprint density at radius 2 is 1.94 bits per heavy atom. The molecule has 2 aromatic heterocycles. The Bertz CT molecular complexity index is 1130. The van der Waals surface area contributed by atoms with Crippen LogP contribution in [-0.4, -0.2) is 68.2 Å². The molecule has 10 heteroatoms. The van der Waals surface area contributed by atoms with Gasteiger partial charge in [0.05, 0.1) is 19.0 Å². The lowest BCUT2D eigenvalue weighted by atomic mass is 10.1. The van der Waals surface area contributed by atoms with Crippen LogP contribution >= 0.6 is 0 Å². The van der Waals surface area contributed by atoms with Crippen molar-refractivity contribution in [1.29, 1.82) is 0 Å². The van der Waals surface area contributed by atoms with Gasteiger partial charge in [-0.2, -0.15) is 0 Å². The van der Waals surface area contributed by atoms with E-state index in [2.05, 4.69) is 25.2 Å². The molecule has 2 atom stereocenters. The summed E-state index contributed by atoms with van der Waals surface area (Å²) in [6.07, 6.45) is 7.54. The lowest BCUT2D eigenvalue weighted by molar-refractivity contribution is -0.135. The number of anilines is 1. The molecule has 0 bridgehead atoms. The van der Waals surface area contributed by atoms with Crippen molar-refractivity contribution >= 4 is 17.0 Å². The quantitative estimate of drug-likeness (QED) is 0.583. The van der Waals surface area contributed by atoms with Crippen molar-refractivity contribution in [3.63, 3.8) is 0 Å². The Kier molecular flexibility index (Phi) is 5.49. The predicted octanol–water partition coefficient (Wildman–Crippen LogP) is 2.30. The molecule has 1 saturated carbocycles. The van der Waals surface area contributed by atoms with Crippen molar-refractivity contribution in [1.82, 2.24) is 24.4 Å². The summed E-state index contributed by atoms with van der Waals surface area (Å²) in [7, 11) is 0. The highest BCUT2D eigenvalue weighted by Crippen LogP contribution is 2.34. The summed E-state index contributed by atoms with van der Waals surface area (Å²) in [4.78, 5) is 15.9. The molecule has 2 N–H and O–H groups in total. The van der Waals surface area contributed by atoms with Gasteiger partial charge in [0.2, 0.25) is 6.79 Å². The van der Waals surface area contributed by atoms with E-state index in [0.717, 1.165) is 46.9 Å².